The molecule has 4 atom stereocenters. The lowest BCUT2D eigenvalue weighted by Crippen LogP contribution is -2.33. The molecule has 2 saturated carbocycles. The first-order valence-corrected chi connectivity index (χ1v) is 13.0. The molecule has 0 N–H and O–H groups in total. The van der Waals surface area contributed by atoms with Gasteiger partial charge in [0.15, 0.2) is 0 Å². The number of fused-ring (bicyclic) bond motifs is 1. The van der Waals surface area contributed by atoms with Crippen molar-refractivity contribution in [1.82, 2.24) is 0 Å². The fourth-order valence-corrected chi connectivity index (χ4v) is 5.87. The molecule has 0 radical (unpaired) electrons. The zero-order valence-corrected chi connectivity index (χ0v) is 20.8. The van der Waals surface area contributed by atoms with Crippen LogP contribution < -0.4 is 0 Å². The fourth-order valence-electron chi connectivity index (χ4n) is 5.87. The Morgan fingerprint density at radius 3 is 2.37 bits per heavy atom. The summed E-state index contributed by atoms with van der Waals surface area (Å²) in [6, 6.07) is 7.73. The smallest absolute Gasteiger partial charge is 0.139 e. The van der Waals surface area contributed by atoms with Crippen LogP contribution in [0.15, 0.2) is 42.5 Å². The first-order valence-electron chi connectivity index (χ1n) is 13.0. The Morgan fingerprint density at radius 1 is 0.914 bits per heavy atom. The van der Waals surface area contributed by atoms with Crippen molar-refractivity contribution in [3.8, 4) is 11.8 Å². The van der Waals surface area contributed by atoms with E-state index in [-0.39, 0.29) is 22.5 Å². The fraction of sp³-hybridized carbons (Fsp3) is 0.484. The van der Waals surface area contributed by atoms with E-state index in [1.165, 1.54) is 25.0 Å². The molecule has 4 unspecified atom stereocenters. The topological polar surface area (TPSA) is 9.23 Å². The summed E-state index contributed by atoms with van der Waals surface area (Å²) < 4.78 is 49.5. The highest BCUT2D eigenvalue weighted by molar-refractivity contribution is 5.46. The lowest BCUT2D eigenvalue weighted by Gasteiger charge is -2.42. The van der Waals surface area contributed by atoms with Crippen LogP contribution >= 0.6 is 0 Å². The highest BCUT2D eigenvalue weighted by Gasteiger charge is 2.36. The van der Waals surface area contributed by atoms with Gasteiger partial charge in [-0.2, -0.15) is 0 Å². The number of allylic oxidation sites excluding steroid dienone is 2. The van der Waals surface area contributed by atoms with Crippen LogP contribution in [0.5, 0.6) is 0 Å². The largest absolute Gasteiger partial charge is 0.378 e. The van der Waals surface area contributed by atoms with Crippen LogP contribution in [0.2, 0.25) is 0 Å². The minimum absolute atomic E-state index is 0.0604. The molecule has 0 bridgehead atoms. The average Bonchev–Trinajstić information content (AvgIpc) is 2.85. The molecule has 4 rings (SSSR count). The third-order valence-electron chi connectivity index (χ3n) is 7.71. The molecule has 2 aliphatic carbocycles. The van der Waals surface area contributed by atoms with Crippen molar-refractivity contribution in [3.05, 3.63) is 82.2 Å². The quantitative estimate of drug-likeness (QED) is 0.300. The minimum atomic E-state index is -0.611. The molecule has 0 amide bonds. The number of hydrogen-bond acceptors (Lipinski definition) is 1. The number of ether oxygens (including phenoxy) is 1. The van der Waals surface area contributed by atoms with Crippen LogP contribution in [0.3, 0.4) is 0 Å². The Morgan fingerprint density at radius 2 is 1.66 bits per heavy atom. The van der Waals surface area contributed by atoms with Gasteiger partial charge in [-0.3, -0.25) is 0 Å². The molecule has 2 aromatic carbocycles. The Labute approximate surface area is 207 Å². The van der Waals surface area contributed by atoms with E-state index in [2.05, 4.69) is 18.8 Å². The first kappa shape index (κ1) is 25.6. The van der Waals surface area contributed by atoms with Gasteiger partial charge in [0.2, 0.25) is 0 Å². The van der Waals surface area contributed by atoms with E-state index in [9.17, 15) is 13.2 Å². The molecule has 0 spiro atoms. The molecule has 0 aromatic heterocycles. The Balaban J connectivity index is 1.42. The molecule has 35 heavy (non-hydrogen) atoms. The van der Waals surface area contributed by atoms with Crippen molar-refractivity contribution in [2.45, 2.75) is 77.2 Å². The van der Waals surface area contributed by atoms with Gasteiger partial charge in [0.1, 0.15) is 17.5 Å². The van der Waals surface area contributed by atoms with Gasteiger partial charge in [0, 0.05) is 17.7 Å². The maximum atomic E-state index is 14.9. The van der Waals surface area contributed by atoms with Gasteiger partial charge in [-0.25, -0.2) is 13.2 Å². The minimum Gasteiger partial charge on any atom is -0.378 e. The molecular weight excluding hydrogens is 445 g/mol. The lowest BCUT2D eigenvalue weighted by molar-refractivity contribution is -0.00956. The summed E-state index contributed by atoms with van der Waals surface area (Å²) in [7, 11) is 0. The van der Waals surface area contributed by atoms with E-state index in [0.29, 0.717) is 30.8 Å². The summed E-state index contributed by atoms with van der Waals surface area (Å²) in [4.78, 5) is 0. The van der Waals surface area contributed by atoms with Gasteiger partial charge in [-0.1, -0.05) is 30.1 Å². The van der Waals surface area contributed by atoms with Gasteiger partial charge in [0.05, 0.1) is 11.7 Å². The van der Waals surface area contributed by atoms with Crippen molar-refractivity contribution in [2.75, 3.05) is 6.61 Å². The monoisotopic (exact) mass is 480 g/mol. The van der Waals surface area contributed by atoms with Crippen molar-refractivity contribution >= 4 is 0 Å². The van der Waals surface area contributed by atoms with Gasteiger partial charge in [-0.05, 0) is 113 Å². The predicted molar refractivity (Wildman–Crippen MR) is 135 cm³/mol. The molecule has 0 aliphatic heterocycles. The number of halogens is 3. The Hall–Kier alpha value is -2.51. The predicted octanol–water partition coefficient (Wildman–Crippen LogP) is 8.10. The third kappa shape index (κ3) is 6.39. The maximum Gasteiger partial charge on any atom is 0.139 e. The molecule has 2 aromatic rings. The third-order valence-corrected chi connectivity index (χ3v) is 7.71. The van der Waals surface area contributed by atoms with Gasteiger partial charge in [0.25, 0.3) is 0 Å². The normalized spacial score (nSPS) is 24.1. The molecular formula is C31H35F3O. The van der Waals surface area contributed by atoms with Crippen LogP contribution in [-0.4, -0.2) is 12.7 Å². The summed E-state index contributed by atoms with van der Waals surface area (Å²) >= 11 is 0. The molecule has 0 saturated heterocycles. The summed E-state index contributed by atoms with van der Waals surface area (Å²) in [6.45, 7) is 4.72. The van der Waals surface area contributed by atoms with E-state index in [1.807, 2.05) is 25.1 Å². The number of benzene rings is 2. The van der Waals surface area contributed by atoms with Crippen molar-refractivity contribution in [3.63, 3.8) is 0 Å². The van der Waals surface area contributed by atoms with Crippen LogP contribution in [0.1, 0.15) is 87.0 Å². The maximum absolute atomic E-state index is 14.9. The highest BCUT2D eigenvalue weighted by atomic mass is 19.1. The molecule has 2 fully saturated rings. The molecule has 4 heteroatoms. The number of hydrogen-bond donors (Lipinski definition) is 0. The molecule has 186 valence electrons. The van der Waals surface area contributed by atoms with E-state index in [4.69, 9.17) is 4.74 Å². The second-order valence-electron chi connectivity index (χ2n) is 9.94. The van der Waals surface area contributed by atoms with Crippen LogP contribution in [0, 0.1) is 41.1 Å². The summed E-state index contributed by atoms with van der Waals surface area (Å²) in [6.07, 6.45) is 11.8. The SMILES string of the molecule is C/C=C/CCc1c(F)cc(C#Cc2ccc(C3CCC4CC(OCC)CCC4C3)cc2F)cc1F. The van der Waals surface area contributed by atoms with E-state index >= 15 is 0 Å². The highest BCUT2D eigenvalue weighted by Crippen LogP contribution is 2.46. The van der Waals surface area contributed by atoms with Gasteiger partial charge in [-0.15, -0.1) is 0 Å². The summed E-state index contributed by atoms with van der Waals surface area (Å²) in [5.41, 5.74) is 1.54. The molecule has 2 aliphatic rings. The summed E-state index contributed by atoms with van der Waals surface area (Å²) in [5.74, 6) is 5.69. The average molecular weight is 481 g/mol. The van der Waals surface area contributed by atoms with Crippen LogP contribution in [-0.2, 0) is 11.2 Å². The van der Waals surface area contributed by atoms with Crippen LogP contribution in [0.4, 0.5) is 13.2 Å². The van der Waals surface area contributed by atoms with E-state index in [0.717, 1.165) is 43.8 Å². The Kier molecular flexibility index (Phi) is 8.74. The van der Waals surface area contributed by atoms with Crippen molar-refractivity contribution in [1.29, 1.82) is 0 Å². The molecule has 0 heterocycles. The second-order valence-corrected chi connectivity index (χ2v) is 9.94. The Bertz CT molecular complexity index is 1090. The van der Waals surface area contributed by atoms with Gasteiger partial charge >= 0.3 is 0 Å². The zero-order chi connectivity index (χ0) is 24.8. The van der Waals surface area contributed by atoms with Crippen molar-refractivity contribution in [2.24, 2.45) is 11.8 Å². The van der Waals surface area contributed by atoms with E-state index < -0.39 is 11.6 Å². The van der Waals surface area contributed by atoms with Crippen LogP contribution in [0.25, 0.3) is 0 Å². The zero-order valence-electron chi connectivity index (χ0n) is 20.8. The second kappa shape index (κ2) is 12.0. The standard InChI is InChI=1S/C31H35F3O/c1-3-5-6-7-28-30(33)16-21(17-31(28)34)8-9-22-10-11-26(20-29(22)32)23-12-13-25-19-27(35-4-2)15-14-24(25)18-23/h3,5,10-11,16-17,20,23-25,27H,4,6-7,12-15,18-19H2,1-2H3/b5-3+. The van der Waals surface area contributed by atoms with Gasteiger partial charge < -0.3 is 4.74 Å². The van der Waals surface area contributed by atoms with Crippen molar-refractivity contribution < 1.29 is 17.9 Å². The lowest BCUT2D eigenvalue weighted by atomic mass is 9.65. The van der Waals surface area contributed by atoms with E-state index in [1.54, 1.807) is 12.1 Å². The first-order chi connectivity index (χ1) is 17.0. The summed E-state index contributed by atoms with van der Waals surface area (Å²) in [5, 5.41) is 0. The number of rotatable bonds is 6. The molecule has 1 nitrogen and oxygen atoms in total.